The van der Waals surface area contributed by atoms with Gasteiger partial charge in [-0.1, -0.05) is 31.7 Å². The Bertz CT molecular complexity index is 611. The SMILES string of the molecule is O=C(c1cccc(OC2CCN(C3CCCC3)CC2)c1)N1CCCCCC1. The van der Waals surface area contributed by atoms with Gasteiger partial charge in [-0.3, -0.25) is 4.79 Å². The summed E-state index contributed by atoms with van der Waals surface area (Å²) in [7, 11) is 0. The van der Waals surface area contributed by atoms with Gasteiger partial charge in [0.1, 0.15) is 11.9 Å². The Balaban J connectivity index is 1.32. The maximum Gasteiger partial charge on any atom is 0.253 e. The van der Waals surface area contributed by atoms with E-state index in [9.17, 15) is 4.79 Å². The topological polar surface area (TPSA) is 32.8 Å². The number of hydrogen-bond donors (Lipinski definition) is 0. The fraction of sp³-hybridized carbons (Fsp3) is 0.696. The highest BCUT2D eigenvalue weighted by Gasteiger charge is 2.28. The van der Waals surface area contributed by atoms with E-state index in [1.807, 2.05) is 29.2 Å². The molecular formula is C23H34N2O2. The largest absolute Gasteiger partial charge is 0.490 e. The van der Waals surface area contributed by atoms with E-state index >= 15 is 0 Å². The average molecular weight is 371 g/mol. The first-order valence-corrected chi connectivity index (χ1v) is 11.1. The van der Waals surface area contributed by atoms with Crippen LogP contribution in [0.5, 0.6) is 5.75 Å². The predicted molar refractivity (Wildman–Crippen MR) is 108 cm³/mol. The molecule has 3 fully saturated rings. The molecule has 27 heavy (non-hydrogen) atoms. The average Bonchev–Trinajstić information content (AvgIpc) is 3.11. The lowest BCUT2D eigenvalue weighted by Crippen LogP contribution is -2.43. The quantitative estimate of drug-likeness (QED) is 0.783. The Hall–Kier alpha value is -1.55. The maximum atomic E-state index is 12.9. The number of carbonyl (C=O) groups excluding carboxylic acids is 1. The Labute approximate surface area is 163 Å². The zero-order chi connectivity index (χ0) is 18.5. The summed E-state index contributed by atoms with van der Waals surface area (Å²) in [5, 5.41) is 0. The molecule has 0 bridgehead atoms. The van der Waals surface area contributed by atoms with Crippen molar-refractivity contribution in [3.05, 3.63) is 29.8 Å². The molecule has 1 saturated carbocycles. The Morgan fingerprint density at radius 3 is 2.26 bits per heavy atom. The van der Waals surface area contributed by atoms with E-state index in [0.29, 0.717) is 0 Å². The molecule has 2 heterocycles. The van der Waals surface area contributed by atoms with E-state index in [0.717, 1.165) is 69.2 Å². The monoisotopic (exact) mass is 370 g/mol. The Morgan fingerprint density at radius 1 is 0.852 bits per heavy atom. The van der Waals surface area contributed by atoms with Crippen molar-refractivity contribution in [2.45, 2.75) is 76.4 Å². The van der Waals surface area contributed by atoms with Gasteiger partial charge in [0.15, 0.2) is 0 Å². The van der Waals surface area contributed by atoms with Crippen LogP contribution in [0.2, 0.25) is 0 Å². The molecule has 0 N–H and O–H groups in total. The summed E-state index contributed by atoms with van der Waals surface area (Å²) in [5.41, 5.74) is 0.776. The van der Waals surface area contributed by atoms with Gasteiger partial charge in [-0.15, -0.1) is 0 Å². The molecule has 1 aromatic carbocycles. The van der Waals surface area contributed by atoms with Crippen molar-refractivity contribution in [3.8, 4) is 5.75 Å². The highest BCUT2D eigenvalue weighted by atomic mass is 16.5. The van der Waals surface area contributed by atoms with Crippen LogP contribution in [0, 0.1) is 0 Å². The second kappa shape index (κ2) is 9.09. The third-order valence-electron chi connectivity index (χ3n) is 6.59. The molecule has 2 aliphatic heterocycles. The Morgan fingerprint density at radius 2 is 1.56 bits per heavy atom. The predicted octanol–water partition coefficient (Wildman–Crippen LogP) is 4.49. The first kappa shape index (κ1) is 18.8. The van der Waals surface area contributed by atoms with Crippen LogP contribution in [0.4, 0.5) is 0 Å². The van der Waals surface area contributed by atoms with Gasteiger partial charge in [0.25, 0.3) is 5.91 Å². The van der Waals surface area contributed by atoms with Crippen molar-refractivity contribution in [1.29, 1.82) is 0 Å². The van der Waals surface area contributed by atoms with Crippen molar-refractivity contribution in [2.24, 2.45) is 0 Å². The standard InChI is InChI=1S/C23H34N2O2/c26-23(25-14-5-1-2-6-15-25)19-8-7-11-22(18-19)27-21-12-16-24(17-13-21)20-9-3-4-10-20/h7-8,11,18,20-21H,1-6,9-10,12-17H2. The molecular weight excluding hydrogens is 336 g/mol. The van der Waals surface area contributed by atoms with Crippen molar-refractivity contribution in [1.82, 2.24) is 9.80 Å². The summed E-state index contributed by atoms with van der Waals surface area (Å²) < 4.78 is 6.27. The van der Waals surface area contributed by atoms with Crippen molar-refractivity contribution >= 4 is 5.91 Å². The summed E-state index contributed by atoms with van der Waals surface area (Å²) in [4.78, 5) is 17.5. The Kier molecular flexibility index (Phi) is 6.33. The fourth-order valence-electron chi connectivity index (χ4n) is 4.98. The molecule has 0 aromatic heterocycles. The van der Waals surface area contributed by atoms with Gasteiger partial charge in [-0.25, -0.2) is 0 Å². The van der Waals surface area contributed by atoms with Gasteiger partial charge < -0.3 is 14.5 Å². The highest BCUT2D eigenvalue weighted by Crippen LogP contribution is 2.28. The minimum Gasteiger partial charge on any atom is -0.490 e. The molecule has 1 amide bonds. The molecule has 0 spiro atoms. The van der Waals surface area contributed by atoms with Crippen molar-refractivity contribution in [3.63, 3.8) is 0 Å². The molecule has 3 aliphatic rings. The summed E-state index contributed by atoms with van der Waals surface area (Å²) >= 11 is 0. The second-order valence-corrected chi connectivity index (χ2v) is 8.53. The number of ether oxygens (including phenoxy) is 1. The van der Waals surface area contributed by atoms with Crippen LogP contribution in [0.1, 0.15) is 74.6 Å². The molecule has 2 saturated heterocycles. The van der Waals surface area contributed by atoms with Gasteiger partial charge in [0, 0.05) is 37.8 Å². The first-order chi connectivity index (χ1) is 13.3. The number of carbonyl (C=O) groups is 1. The number of amides is 1. The molecule has 148 valence electrons. The van der Waals surface area contributed by atoms with Gasteiger partial charge in [0.05, 0.1) is 0 Å². The number of nitrogens with zero attached hydrogens (tertiary/aromatic N) is 2. The van der Waals surface area contributed by atoms with E-state index in [2.05, 4.69) is 4.90 Å². The van der Waals surface area contributed by atoms with E-state index in [1.165, 1.54) is 38.5 Å². The lowest BCUT2D eigenvalue weighted by Gasteiger charge is -2.36. The minimum absolute atomic E-state index is 0.165. The first-order valence-electron chi connectivity index (χ1n) is 11.1. The highest BCUT2D eigenvalue weighted by molar-refractivity contribution is 5.94. The zero-order valence-electron chi connectivity index (χ0n) is 16.6. The molecule has 4 heteroatoms. The molecule has 1 aromatic rings. The third-order valence-corrected chi connectivity index (χ3v) is 6.59. The van der Waals surface area contributed by atoms with Crippen LogP contribution < -0.4 is 4.74 Å². The molecule has 0 atom stereocenters. The number of rotatable bonds is 4. The van der Waals surface area contributed by atoms with Gasteiger partial charge in [-0.05, 0) is 56.7 Å². The molecule has 4 nitrogen and oxygen atoms in total. The van der Waals surface area contributed by atoms with E-state index in [4.69, 9.17) is 4.74 Å². The summed E-state index contributed by atoms with van der Waals surface area (Å²) in [6.45, 7) is 4.09. The third kappa shape index (κ3) is 4.84. The summed E-state index contributed by atoms with van der Waals surface area (Å²) in [6, 6.07) is 8.68. The van der Waals surface area contributed by atoms with Gasteiger partial charge in [-0.2, -0.15) is 0 Å². The number of likely N-dealkylation sites (tertiary alicyclic amines) is 2. The lowest BCUT2D eigenvalue weighted by molar-refractivity contribution is 0.0742. The fourth-order valence-corrected chi connectivity index (χ4v) is 4.98. The molecule has 1 aliphatic carbocycles. The van der Waals surface area contributed by atoms with Crippen LogP contribution in [0.25, 0.3) is 0 Å². The van der Waals surface area contributed by atoms with Gasteiger partial charge in [0.2, 0.25) is 0 Å². The molecule has 0 radical (unpaired) electrons. The van der Waals surface area contributed by atoms with E-state index in [-0.39, 0.29) is 12.0 Å². The van der Waals surface area contributed by atoms with Crippen LogP contribution in [0.3, 0.4) is 0 Å². The van der Waals surface area contributed by atoms with Crippen molar-refractivity contribution < 1.29 is 9.53 Å². The molecule has 0 unspecified atom stereocenters. The summed E-state index contributed by atoms with van der Waals surface area (Å²) in [5.74, 6) is 1.02. The van der Waals surface area contributed by atoms with Gasteiger partial charge >= 0.3 is 0 Å². The van der Waals surface area contributed by atoms with Crippen LogP contribution in [-0.4, -0.2) is 54.0 Å². The van der Waals surface area contributed by atoms with E-state index in [1.54, 1.807) is 0 Å². The van der Waals surface area contributed by atoms with Crippen LogP contribution >= 0.6 is 0 Å². The lowest BCUT2D eigenvalue weighted by atomic mass is 10.0. The normalized spacial score (nSPS) is 23.3. The number of benzene rings is 1. The van der Waals surface area contributed by atoms with E-state index < -0.39 is 0 Å². The minimum atomic E-state index is 0.165. The smallest absolute Gasteiger partial charge is 0.253 e. The van der Waals surface area contributed by atoms with Crippen LogP contribution in [0.15, 0.2) is 24.3 Å². The van der Waals surface area contributed by atoms with Crippen molar-refractivity contribution in [2.75, 3.05) is 26.2 Å². The van der Waals surface area contributed by atoms with Crippen LogP contribution in [-0.2, 0) is 0 Å². The number of hydrogen-bond acceptors (Lipinski definition) is 3. The second-order valence-electron chi connectivity index (χ2n) is 8.53. The summed E-state index contributed by atoms with van der Waals surface area (Å²) in [6.07, 6.45) is 12.8. The zero-order valence-corrected chi connectivity index (χ0v) is 16.6. The number of piperidine rings is 1. The maximum absolute atomic E-state index is 12.9. The molecule has 4 rings (SSSR count).